The lowest BCUT2D eigenvalue weighted by atomic mass is 9.49. The van der Waals surface area contributed by atoms with Gasteiger partial charge in [-0.3, -0.25) is 77.8 Å². The maximum absolute atomic E-state index is 12.8. The molecule has 127 heavy (non-hydrogen) atoms. The molecule has 0 saturated carbocycles. The molecule has 0 unspecified atom stereocenters. The van der Waals surface area contributed by atoms with Gasteiger partial charge in [-0.15, -0.1) is 0 Å². The van der Waals surface area contributed by atoms with Crippen molar-refractivity contribution in [3.8, 4) is 22.3 Å². The van der Waals surface area contributed by atoms with Crippen LogP contribution in [0.25, 0.3) is 22.3 Å². The Morgan fingerprint density at radius 2 is 0.654 bits per heavy atom. The molecule has 0 radical (unpaired) electrons. The molecule has 672 valence electrons. The molecule has 9 N–H and O–H groups in total. The lowest BCUT2D eigenvalue weighted by Gasteiger charge is -2.32. The minimum atomic E-state index is -4.43. The van der Waals surface area contributed by atoms with E-state index in [0.717, 1.165) is 127 Å². The molecule has 3 saturated heterocycles. The third-order valence-electron chi connectivity index (χ3n) is 23.3. The van der Waals surface area contributed by atoms with Gasteiger partial charge in [0.2, 0.25) is 0 Å². The molecule has 0 aliphatic carbocycles. The van der Waals surface area contributed by atoms with E-state index >= 15 is 0 Å². The van der Waals surface area contributed by atoms with Gasteiger partial charge in [0, 0.05) is 99.5 Å². The summed E-state index contributed by atoms with van der Waals surface area (Å²) in [6, 6.07) is 31.9. The number of anilines is 5. The third kappa shape index (κ3) is 23.9. The van der Waals surface area contributed by atoms with E-state index in [2.05, 4.69) is 92.3 Å². The summed E-state index contributed by atoms with van der Waals surface area (Å²) < 4.78 is 151. The first-order valence-electron chi connectivity index (χ1n) is 40.7. The number of hydrogen-bond donors (Lipinski definition) is 9. The number of benzene rings is 5. The Labute approximate surface area is 765 Å². The summed E-state index contributed by atoms with van der Waals surface area (Å²) in [6.45, 7) is 31.0. The average Bonchev–Trinajstić information content (AvgIpc) is 1.61. The zero-order valence-corrected chi connectivity index (χ0v) is 78.8. The number of pyridine rings is 3. The number of nitrogens with zero attached hydrogens (tertiary/aromatic N) is 7. The van der Waals surface area contributed by atoms with Crippen LogP contribution in [0.2, 0.25) is 0 Å². The molecule has 0 atom stereocenters. The highest BCUT2D eigenvalue weighted by Crippen LogP contribution is 2.45. The number of aromatic nitrogens is 3. The van der Waals surface area contributed by atoms with Crippen LogP contribution in [0.5, 0.6) is 0 Å². The lowest BCUT2D eigenvalue weighted by molar-refractivity contribution is -0.138. The lowest BCUT2D eigenvalue weighted by Crippen LogP contribution is -2.41. The number of halogens is 12. The SMILES string of the molecule is CC(=N)N1C(=N)CCc2cc(-c3cncc(C(F)(F)F)c3)ccc21.CC(=N)N1C(=N)CCc2cc(-c3cncc(C(F)(F)F)c3)ccc21.CC(=N)N1C(=N)CCc2cc(B3OC(C)(C)C(C)(C)O3)ccc21.CC(=N)N1C(=N)CCc2cc(Br)ccc21.CC1(C)OB(B2OC(C)(C)C(C)(C)O2)OC1(C)C.FC(F)(F)c1cncc(Br)c1.S=C1CCc2cc(Br)ccc2N1. The van der Waals surface area contributed by atoms with E-state index in [0.29, 0.717) is 100 Å². The Morgan fingerprint density at radius 1 is 0.354 bits per heavy atom. The minimum absolute atomic E-state index is 0.245. The third-order valence-corrected chi connectivity index (χ3v) is 25.0. The minimum Gasteiger partial charge on any atom is -0.405 e. The quantitative estimate of drug-likeness (QED) is 0.0260. The number of thiocarbonyl (C=S) groups is 1. The predicted molar refractivity (Wildman–Crippen MR) is 501 cm³/mol. The van der Waals surface area contributed by atoms with Gasteiger partial charge in [0.05, 0.1) is 78.0 Å². The van der Waals surface area contributed by atoms with Gasteiger partial charge in [-0.25, -0.2) is 0 Å². The smallest absolute Gasteiger partial charge is 0.405 e. The number of nitrogens with one attached hydrogen (secondary N) is 9. The van der Waals surface area contributed by atoms with Crippen LogP contribution >= 0.6 is 60.0 Å². The summed E-state index contributed by atoms with van der Waals surface area (Å²) in [5.74, 6) is 2.96. The molecule has 16 rings (SSSR count). The number of alkyl halides is 9. The number of hydrogen-bond acceptors (Lipinski definition) is 18. The second-order valence-corrected chi connectivity index (χ2v) is 37.6. The molecule has 8 aliphatic heterocycles. The maximum atomic E-state index is 12.8. The second-order valence-electron chi connectivity index (χ2n) is 34.3. The fourth-order valence-electron chi connectivity index (χ4n) is 14.5. The van der Waals surface area contributed by atoms with Gasteiger partial charge < -0.3 is 33.2 Å². The first-order chi connectivity index (χ1) is 58.9. The van der Waals surface area contributed by atoms with Crippen LogP contribution in [0, 0.1) is 43.3 Å². The molecule has 11 heterocycles. The molecule has 38 heteroatoms. The molecule has 0 amide bonds. The van der Waals surface area contributed by atoms with Crippen molar-refractivity contribution in [2.45, 2.75) is 227 Å². The normalized spacial score (nSPS) is 18.3. The summed E-state index contributed by atoms with van der Waals surface area (Å²) in [6.07, 6.45) is 0.655. The van der Waals surface area contributed by atoms with Crippen LogP contribution in [-0.4, -0.2) is 121 Å². The number of aryl methyl sites for hydroxylation is 5. The van der Waals surface area contributed by atoms with E-state index < -0.39 is 49.2 Å². The van der Waals surface area contributed by atoms with Gasteiger partial charge in [-0.2, -0.15) is 39.5 Å². The van der Waals surface area contributed by atoms with Gasteiger partial charge in [0.25, 0.3) is 0 Å². The van der Waals surface area contributed by atoms with E-state index in [1.165, 1.54) is 29.7 Å². The molecule has 0 spiro atoms. The van der Waals surface area contributed by atoms with Crippen LogP contribution in [0.15, 0.2) is 160 Å². The van der Waals surface area contributed by atoms with Crippen molar-refractivity contribution in [1.82, 2.24) is 15.0 Å². The van der Waals surface area contributed by atoms with Crippen molar-refractivity contribution in [2.24, 2.45) is 0 Å². The van der Waals surface area contributed by atoms with Gasteiger partial charge in [0.1, 0.15) is 46.7 Å². The van der Waals surface area contributed by atoms with Gasteiger partial charge in [-0.1, -0.05) is 68.3 Å². The first-order valence-corrected chi connectivity index (χ1v) is 43.4. The first kappa shape index (κ1) is 99.9. The summed E-state index contributed by atoms with van der Waals surface area (Å²) in [5, 5.41) is 66.3. The molecule has 3 aromatic heterocycles. The number of rotatable bonds is 4. The standard InChI is InChI=1S/C17H24BN3O2.2C17H15F3N4.C12H24B2O4.C11H12BrN3.C9H8BrNS.C6H3BrF3N/c1-11(19)21-14-8-7-13(10-12(14)6-9-15(21)20)18-22-16(2,3)17(4,5)23-18;2*1-10(21)24-15-4-2-11(6-12(15)3-5-16(24)22)13-7-14(9-23-8-13)17(18,19)20;1-9(2)10(3,4)16-13(15-9)14-17-11(5,6)12(7,8)18-14;1-7(13)15-10-4-3-9(12)6-8(10)2-5-11(15)14;10-7-2-3-8-6(5-7)1-4-9(12)11-8;7-5-1-4(2-11-3-5)6(8,9)10/h7-8,10,19-20H,6,9H2,1-5H3;2*2,4,6-9,21-22H,3,5H2,1H3;1-8H3;3-4,6,13-14H,2,5H2,1H3;2-3,5H,1,4H2,(H,11,12);1-3H. The maximum Gasteiger partial charge on any atom is 0.494 e. The topological polar surface area (TPSA) is 310 Å². The predicted octanol–water partition coefficient (Wildman–Crippen LogP) is 23.1. The van der Waals surface area contributed by atoms with Crippen molar-refractivity contribution in [2.75, 3.05) is 24.9 Å². The van der Waals surface area contributed by atoms with Crippen LogP contribution in [0.1, 0.15) is 187 Å². The molecule has 5 aromatic carbocycles. The number of amidine groups is 8. The molecule has 8 aromatic rings. The van der Waals surface area contributed by atoms with E-state index in [9.17, 15) is 39.5 Å². The van der Waals surface area contributed by atoms with Gasteiger partial charge in [-0.05, 0) is 288 Å². The molecule has 0 bridgehead atoms. The van der Waals surface area contributed by atoms with Gasteiger partial charge in [0.15, 0.2) is 0 Å². The van der Waals surface area contributed by atoms with Crippen molar-refractivity contribution in [1.29, 1.82) is 43.3 Å². The molecule has 3 fully saturated rings. The Kier molecular flexibility index (Phi) is 30.9. The molecular weight excluding hydrogens is 1860 g/mol. The van der Waals surface area contributed by atoms with E-state index in [4.69, 9.17) is 83.4 Å². The van der Waals surface area contributed by atoms with Crippen molar-refractivity contribution in [3.63, 3.8) is 0 Å². The summed E-state index contributed by atoms with van der Waals surface area (Å²) in [4.78, 5) is 18.2. The van der Waals surface area contributed by atoms with Crippen LogP contribution in [0.3, 0.4) is 0 Å². The fraction of sp³-hybridized carbons (Fsp3) is 0.393. The second kappa shape index (κ2) is 39.2. The summed E-state index contributed by atoms with van der Waals surface area (Å²) in [7, 11) is -1.33. The van der Waals surface area contributed by atoms with Crippen molar-refractivity contribution < 1.29 is 67.4 Å². The van der Waals surface area contributed by atoms with E-state index in [1.807, 2.05) is 126 Å². The van der Waals surface area contributed by atoms with Crippen LogP contribution < -0.4 is 30.4 Å². The molecule has 8 aliphatic rings. The Morgan fingerprint density at radius 3 is 1.00 bits per heavy atom. The van der Waals surface area contributed by atoms with Crippen molar-refractivity contribution >= 4 is 167 Å². The Balaban J connectivity index is 0.000000157. The summed E-state index contributed by atoms with van der Waals surface area (Å²) in [5.41, 5.74) is 8.66. The average molecular weight is 1970 g/mol. The van der Waals surface area contributed by atoms with Crippen LogP contribution in [0.4, 0.5) is 68.0 Å². The van der Waals surface area contributed by atoms with E-state index in [1.54, 1.807) is 71.6 Å². The highest BCUT2D eigenvalue weighted by molar-refractivity contribution is 9.11. The molecule has 22 nitrogen and oxygen atoms in total. The van der Waals surface area contributed by atoms with Crippen molar-refractivity contribution in [3.05, 3.63) is 204 Å². The molecular formula is C89H101B3Br3F9N16O6S. The summed E-state index contributed by atoms with van der Waals surface area (Å²) >= 11 is 14.9. The Bertz CT molecular complexity index is 5370. The zero-order valence-electron chi connectivity index (χ0n) is 73.2. The van der Waals surface area contributed by atoms with E-state index in [-0.39, 0.29) is 52.4 Å². The van der Waals surface area contributed by atoms with Gasteiger partial charge >= 0.3 is 39.7 Å². The largest absolute Gasteiger partial charge is 0.494 e. The van der Waals surface area contributed by atoms with Crippen LogP contribution in [-0.2, 0) is 78.6 Å². The Hall–Kier alpha value is -9.24. The highest BCUT2D eigenvalue weighted by atomic mass is 79.9. The fourth-order valence-corrected chi connectivity index (χ4v) is 15.9. The number of fused-ring (bicyclic) bond motifs is 5. The monoisotopic (exact) mass is 1960 g/mol. The highest BCUT2D eigenvalue weighted by Gasteiger charge is 2.64. The zero-order chi connectivity index (χ0) is 94.0.